The Labute approximate surface area is 150 Å². The monoisotopic (exact) mass is 365 g/mol. The van der Waals surface area contributed by atoms with Gasteiger partial charge < -0.3 is 0 Å². The number of rotatable bonds is 16. The number of unbranched alkanes of at least 4 members (excludes halogenated alkanes) is 3. The fourth-order valence-corrected chi connectivity index (χ4v) is 3.93. The molecule has 0 rings (SSSR count). The highest BCUT2D eigenvalue weighted by atomic mass is 31.2. The average Bonchev–Trinajstić information content (AvgIpc) is 2.61. The topological polar surface area (TPSA) is 48.0 Å². The van der Waals surface area contributed by atoms with Crippen molar-refractivity contribution in [1.82, 2.24) is 5.06 Å². The van der Waals surface area contributed by atoms with Gasteiger partial charge in [0.1, 0.15) is 0 Å². The Morgan fingerprint density at radius 3 is 1.67 bits per heavy atom. The Bertz CT molecular complexity index is 336. The minimum Gasteiger partial charge on any atom is -0.289 e. The summed E-state index contributed by atoms with van der Waals surface area (Å²) in [6, 6.07) is 0. The maximum absolute atomic E-state index is 12.6. The lowest BCUT2D eigenvalue weighted by atomic mass is 9.82. The van der Waals surface area contributed by atoms with E-state index in [-0.39, 0.29) is 5.54 Å². The molecule has 6 heteroatoms. The van der Waals surface area contributed by atoms with Crippen molar-refractivity contribution in [3.05, 3.63) is 0 Å². The van der Waals surface area contributed by atoms with Crippen LogP contribution in [-0.2, 0) is 18.2 Å². The summed E-state index contributed by atoms with van der Waals surface area (Å²) in [5.41, 5.74) is -0.0946. The highest BCUT2D eigenvalue weighted by molar-refractivity contribution is 7.48. The molecule has 146 valence electrons. The minimum atomic E-state index is -3.54. The quantitative estimate of drug-likeness (QED) is 0.236. The Morgan fingerprint density at radius 1 is 0.792 bits per heavy atom. The first-order chi connectivity index (χ1) is 11.5. The highest BCUT2D eigenvalue weighted by Gasteiger charge is 2.40. The molecule has 0 atom stereocenters. The second kappa shape index (κ2) is 13.3. The van der Waals surface area contributed by atoms with Crippen LogP contribution in [0, 0.1) is 0 Å². The summed E-state index contributed by atoms with van der Waals surface area (Å²) in [6.07, 6.45) is 10.8. The van der Waals surface area contributed by atoms with Gasteiger partial charge in [-0.3, -0.25) is 9.05 Å². The van der Waals surface area contributed by atoms with E-state index < -0.39 is 7.82 Å². The van der Waals surface area contributed by atoms with Gasteiger partial charge >= 0.3 is 7.82 Å². The third kappa shape index (κ3) is 7.97. The predicted octanol–water partition coefficient (Wildman–Crippen LogP) is 6.34. The largest absolute Gasteiger partial charge is 0.491 e. The van der Waals surface area contributed by atoms with Gasteiger partial charge in [0.25, 0.3) is 0 Å². The molecule has 0 aromatic heterocycles. The zero-order valence-corrected chi connectivity index (χ0v) is 17.7. The first-order valence-corrected chi connectivity index (χ1v) is 11.1. The Hall–Kier alpha value is 0.0700. The molecule has 0 N–H and O–H groups in total. The summed E-state index contributed by atoms with van der Waals surface area (Å²) in [5, 5.41) is 1.96. The van der Waals surface area contributed by atoms with Crippen molar-refractivity contribution in [2.45, 2.75) is 97.4 Å². The summed E-state index contributed by atoms with van der Waals surface area (Å²) in [5.74, 6) is 0. The molecule has 5 nitrogen and oxygen atoms in total. The van der Waals surface area contributed by atoms with Crippen LogP contribution in [0.25, 0.3) is 0 Å². The molecule has 0 bridgehead atoms. The first-order valence-electron chi connectivity index (χ1n) is 9.66. The molecule has 0 heterocycles. The molecule has 0 amide bonds. The summed E-state index contributed by atoms with van der Waals surface area (Å²) in [7, 11) is -0.782. The molecule has 0 aliphatic carbocycles. The van der Waals surface area contributed by atoms with Crippen molar-refractivity contribution in [2.75, 3.05) is 20.8 Å². The van der Waals surface area contributed by atoms with Crippen LogP contribution < -0.4 is 0 Å². The Morgan fingerprint density at radius 2 is 1.29 bits per heavy atom. The van der Waals surface area contributed by atoms with Crippen molar-refractivity contribution in [3.8, 4) is 0 Å². The summed E-state index contributed by atoms with van der Waals surface area (Å²) in [4.78, 5) is 0. The maximum atomic E-state index is 12.6. The second-order valence-corrected chi connectivity index (χ2v) is 8.32. The summed E-state index contributed by atoms with van der Waals surface area (Å²) in [6.45, 7) is 9.54. The van der Waals surface area contributed by atoms with Gasteiger partial charge in [-0.2, -0.15) is 9.69 Å². The molecule has 0 aliphatic rings. The van der Waals surface area contributed by atoms with Crippen molar-refractivity contribution >= 4 is 7.82 Å². The molecule has 0 saturated carbocycles. The predicted molar refractivity (Wildman–Crippen MR) is 101 cm³/mol. The van der Waals surface area contributed by atoms with Gasteiger partial charge in [0, 0.05) is 26.3 Å². The molecule has 0 aliphatic heterocycles. The summed E-state index contributed by atoms with van der Waals surface area (Å²) >= 11 is 0. The van der Waals surface area contributed by atoms with Crippen molar-refractivity contribution in [3.63, 3.8) is 0 Å². The van der Waals surface area contributed by atoms with Gasteiger partial charge in [-0.05, 0) is 25.7 Å². The van der Waals surface area contributed by atoms with E-state index in [2.05, 4.69) is 27.7 Å². The number of nitrogens with zero attached hydrogens (tertiary/aromatic N) is 1. The molecule has 0 aromatic carbocycles. The number of phosphoric ester groups is 1. The number of phosphoric acid groups is 1. The van der Waals surface area contributed by atoms with Crippen LogP contribution >= 0.6 is 7.82 Å². The zero-order chi connectivity index (χ0) is 18.5. The lowest BCUT2D eigenvalue weighted by molar-refractivity contribution is -0.174. The number of hydrogen-bond acceptors (Lipinski definition) is 5. The van der Waals surface area contributed by atoms with Crippen LogP contribution in [0.2, 0.25) is 0 Å². The normalized spacial score (nSPS) is 13.0. The standard InChI is InChI=1S/C18H40NO4P/c1-7-11-15-18(14-10-4,16-12-8-2)19(17-13-9-3)23-24(20,21-5)22-6/h7-17H2,1-6H3. The molecule has 0 radical (unpaired) electrons. The van der Waals surface area contributed by atoms with E-state index in [1.165, 1.54) is 14.2 Å². The van der Waals surface area contributed by atoms with E-state index in [4.69, 9.17) is 13.7 Å². The highest BCUT2D eigenvalue weighted by Crippen LogP contribution is 2.51. The van der Waals surface area contributed by atoms with Crippen molar-refractivity contribution in [1.29, 1.82) is 0 Å². The third-order valence-corrected chi connectivity index (χ3v) is 5.89. The van der Waals surface area contributed by atoms with Crippen molar-refractivity contribution < 1.29 is 18.2 Å². The molecular weight excluding hydrogens is 325 g/mol. The lowest BCUT2D eigenvalue weighted by Crippen LogP contribution is -2.49. The fourth-order valence-electron chi connectivity index (χ4n) is 3.15. The maximum Gasteiger partial charge on any atom is 0.491 e. The van der Waals surface area contributed by atoms with E-state index >= 15 is 0 Å². The smallest absolute Gasteiger partial charge is 0.289 e. The molecule has 0 fully saturated rings. The molecule has 0 saturated heterocycles. The SMILES string of the molecule is CCCCN(OP(=O)(OC)OC)C(CCC)(CCCC)CCCC. The molecular formula is C18H40NO4P. The first kappa shape index (κ1) is 24.1. The minimum absolute atomic E-state index is 0.0946. The van der Waals surface area contributed by atoms with Crippen molar-refractivity contribution in [2.24, 2.45) is 0 Å². The van der Waals surface area contributed by atoms with E-state index in [1.807, 2.05) is 5.06 Å². The van der Waals surface area contributed by atoms with Crippen LogP contribution in [-0.4, -0.2) is 31.4 Å². The van der Waals surface area contributed by atoms with Gasteiger partial charge in [0.15, 0.2) is 0 Å². The fraction of sp³-hybridized carbons (Fsp3) is 1.00. The molecule has 24 heavy (non-hydrogen) atoms. The van der Waals surface area contributed by atoms with Gasteiger partial charge in [0.05, 0.1) is 0 Å². The summed E-state index contributed by atoms with van der Waals surface area (Å²) < 4.78 is 28.6. The Kier molecular flexibility index (Phi) is 13.3. The van der Waals surface area contributed by atoms with E-state index in [0.717, 1.165) is 70.8 Å². The van der Waals surface area contributed by atoms with E-state index in [1.54, 1.807) is 0 Å². The second-order valence-electron chi connectivity index (χ2n) is 6.53. The van der Waals surface area contributed by atoms with Gasteiger partial charge in [-0.1, -0.05) is 66.2 Å². The molecule has 0 spiro atoms. The number of hydrogen-bond donors (Lipinski definition) is 0. The van der Waals surface area contributed by atoms with Crippen LogP contribution in [0.1, 0.15) is 91.9 Å². The van der Waals surface area contributed by atoms with E-state index in [0.29, 0.717) is 0 Å². The van der Waals surface area contributed by atoms with Gasteiger partial charge in [0.2, 0.25) is 0 Å². The van der Waals surface area contributed by atoms with Gasteiger partial charge in [-0.25, -0.2) is 4.57 Å². The van der Waals surface area contributed by atoms with Gasteiger partial charge in [-0.15, -0.1) is 0 Å². The third-order valence-electron chi connectivity index (χ3n) is 4.60. The van der Waals surface area contributed by atoms with Crippen LogP contribution in [0.4, 0.5) is 0 Å². The van der Waals surface area contributed by atoms with Crippen LogP contribution in [0.5, 0.6) is 0 Å². The lowest BCUT2D eigenvalue weighted by Gasteiger charge is -2.44. The van der Waals surface area contributed by atoms with Crippen LogP contribution in [0.3, 0.4) is 0 Å². The zero-order valence-electron chi connectivity index (χ0n) is 16.8. The molecule has 0 aromatic rings. The average molecular weight is 365 g/mol. The van der Waals surface area contributed by atoms with E-state index in [9.17, 15) is 4.57 Å². The van der Waals surface area contributed by atoms with Crippen LogP contribution in [0.15, 0.2) is 0 Å². The molecule has 0 unspecified atom stereocenters. The Balaban J connectivity index is 5.58. The number of hydroxylamine groups is 2.